The predicted molar refractivity (Wildman–Crippen MR) is 109 cm³/mol. The zero-order chi connectivity index (χ0) is 19.8. The normalized spacial score (nSPS) is 14.6. The molecule has 2 aromatic rings. The number of rotatable bonds is 6. The average Bonchev–Trinajstić information content (AvgIpc) is 3.06. The summed E-state index contributed by atoms with van der Waals surface area (Å²) >= 11 is 3.30. The van der Waals surface area contributed by atoms with Crippen LogP contribution in [0.15, 0.2) is 56.7 Å². The summed E-state index contributed by atoms with van der Waals surface area (Å²) in [5.41, 5.74) is 1.26. The Morgan fingerprint density at radius 3 is 2.33 bits per heavy atom. The fourth-order valence-electron chi connectivity index (χ4n) is 3.23. The van der Waals surface area contributed by atoms with Crippen LogP contribution in [0, 0.1) is 0 Å². The third-order valence-electron chi connectivity index (χ3n) is 4.63. The first kappa shape index (κ1) is 20.3. The van der Waals surface area contributed by atoms with Gasteiger partial charge in [-0.1, -0.05) is 35.8 Å². The van der Waals surface area contributed by atoms with E-state index in [4.69, 9.17) is 0 Å². The molecule has 3 rings (SSSR count). The Kier molecular flexibility index (Phi) is 5.67. The standard InChI is InChI=1S/C18H21BrN2O4S2/c1-3-20(4-2)26(22,23)17-8-9-18-14(12-17)10-11-21(18)27(24,25)16-7-5-6-15(19)13-16/h5-9,12-13H,3-4,10-11H2,1-2H3. The number of anilines is 1. The Hall–Kier alpha value is -1.42. The Labute approximate surface area is 169 Å². The Balaban J connectivity index is 2.00. The van der Waals surface area contributed by atoms with Crippen molar-refractivity contribution in [2.45, 2.75) is 30.1 Å². The zero-order valence-corrected chi connectivity index (χ0v) is 18.3. The molecule has 0 atom stereocenters. The first-order chi connectivity index (χ1) is 12.7. The molecule has 0 saturated heterocycles. The van der Waals surface area contributed by atoms with E-state index in [-0.39, 0.29) is 9.79 Å². The summed E-state index contributed by atoms with van der Waals surface area (Å²) in [5.74, 6) is 0. The summed E-state index contributed by atoms with van der Waals surface area (Å²) in [6.07, 6.45) is 0.476. The highest BCUT2D eigenvalue weighted by atomic mass is 79.9. The minimum atomic E-state index is -3.71. The van der Waals surface area contributed by atoms with Gasteiger partial charge in [0.15, 0.2) is 0 Å². The van der Waals surface area contributed by atoms with Crippen molar-refractivity contribution in [2.75, 3.05) is 23.9 Å². The van der Waals surface area contributed by atoms with Gasteiger partial charge in [0.05, 0.1) is 15.5 Å². The van der Waals surface area contributed by atoms with Crippen molar-refractivity contribution in [3.8, 4) is 0 Å². The van der Waals surface area contributed by atoms with Gasteiger partial charge >= 0.3 is 0 Å². The van der Waals surface area contributed by atoms with E-state index in [1.807, 2.05) is 0 Å². The number of hydrogen-bond donors (Lipinski definition) is 0. The lowest BCUT2D eigenvalue weighted by Gasteiger charge is -2.21. The lowest BCUT2D eigenvalue weighted by molar-refractivity contribution is 0.445. The van der Waals surface area contributed by atoms with Gasteiger partial charge in [0, 0.05) is 24.1 Å². The molecule has 1 aliphatic heterocycles. The van der Waals surface area contributed by atoms with Crippen LogP contribution in [0.2, 0.25) is 0 Å². The number of sulfonamides is 2. The lowest BCUT2D eigenvalue weighted by atomic mass is 10.2. The number of fused-ring (bicyclic) bond motifs is 1. The molecule has 6 nitrogen and oxygen atoms in total. The van der Waals surface area contributed by atoms with Crippen LogP contribution in [0.5, 0.6) is 0 Å². The summed E-state index contributed by atoms with van der Waals surface area (Å²) in [7, 11) is -7.28. The highest BCUT2D eigenvalue weighted by Crippen LogP contribution is 2.35. The molecule has 0 spiro atoms. The second-order valence-corrected chi connectivity index (χ2v) is 10.9. The molecule has 0 bridgehead atoms. The quantitative estimate of drug-likeness (QED) is 0.646. The smallest absolute Gasteiger partial charge is 0.264 e. The minimum Gasteiger partial charge on any atom is -0.266 e. The van der Waals surface area contributed by atoms with E-state index in [1.165, 1.54) is 14.7 Å². The lowest BCUT2D eigenvalue weighted by Crippen LogP contribution is -2.30. The zero-order valence-electron chi connectivity index (χ0n) is 15.1. The van der Waals surface area contributed by atoms with Crippen molar-refractivity contribution < 1.29 is 16.8 Å². The number of benzene rings is 2. The molecule has 1 aliphatic rings. The number of halogens is 1. The van der Waals surface area contributed by atoms with E-state index < -0.39 is 20.0 Å². The Morgan fingerprint density at radius 2 is 1.70 bits per heavy atom. The summed E-state index contributed by atoms with van der Waals surface area (Å²) < 4.78 is 54.9. The summed E-state index contributed by atoms with van der Waals surface area (Å²) in [4.78, 5) is 0.399. The van der Waals surface area contributed by atoms with Crippen molar-refractivity contribution in [2.24, 2.45) is 0 Å². The van der Waals surface area contributed by atoms with Gasteiger partial charge in [0.25, 0.3) is 10.0 Å². The highest BCUT2D eigenvalue weighted by Gasteiger charge is 2.32. The summed E-state index contributed by atoms with van der Waals surface area (Å²) in [6.45, 7) is 4.65. The van der Waals surface area contributed by atoms with Gasteiger partial charge in [-0.3, -0.25) is 4.31 Å². The van der Waals surface area contributed by atoms with Crippen LogP contribution >= 0.6 is 15.9 Å². The topological polar surface area (TPSA) is 74.8 Å². The molecule has 2 aromatic carbocycles. The van der Waals surface area contributed by atoms with Gasteiger partial charge in [-0.15, -0.1) is 0 Å². The van der Waals surface area contributed by atoms with E-state index in [1.54, 1.807) is 50.2 Å². The molecule has 0 fully saturated rings. The maximum Gasteiger partial charge on any atom is 0.264 e. The first-order valence-electron chi connectivity index (χ1n) is 8.63. The van der Waals surface area contributed by atoms with E-state index in [9.17, 15) is 16.8 Å². The van der Waals surface area contributed by atoms with Crippen molar-refractivity contribution in [3.63, 3.8) is 0 Å². The van der Waals surface area contributed by atoms with Crippen LogP contribution in [-0.4, -0.2) is 40.8 Å². The Bertz CT molecular complexity index is 1060. The molecule has 0 N–H and O–H groups in total. The van der Waals surface area contributed by atoms with Crippen molar-refractivity contribution in [1.29, 1.82) is 0 Å². The van der Waals surface area contributed by atoms with Gasteiger partial charge in [0.1, 0.15) is 0 Å². The molecule has 1 heterocycles. The van der Waals surface area contributed by atoms with Crippen LogP contribution in [-0.2, 0) is 26.5 Å². The summed E-state index contributed by atoms with van der Waals surface area (Å²) in [6, 6.07) is 11.2. The molecule has 9 heteroatoms. The monoisotopic (exact) mass is 472 g/mol. The van der Waals surface area contributed by atoms with Crippen LogP contribution in [0.3, 0.4) is 0 Å². The van der Waals surface area contributed by atoms with E-state index in [0.717, 1.165) is 5.56 Å². The molecule has 0 unspecified atom stereocenters. The third-order valence-corrected chi connectivity index (χ3v) is 8.98. The van der Waals surface area contributed by atoms with Crippen LogP contribution in [0.4, 0.5) is 5.69 Å². The van der Waals surface area contributed by atoms with Crippen molar-refractivity contribution in [3.05, 3.63) is 52.5 Å². The second-order valence-electron chi connectivity index (χ2n) is 6.16. The van der Waals surface area contributed by atoms with E-state index in [2.05, 4.69) is 15.9 Å². The molecule has 0 aliphatic carbocycles. The molecule has 146 valence electrons. The molecular weight excluding hydrogens is 452 g/mol. The van der Waals surface area contributed by atoms with Gasteiger partial charge in [0.2, 0.25) is 10.0 Å². The van der Waals surface area contributed by atoms with Gasteiger partial charge in [-0.2, -0.15) is 4.31 Å². The highest BCUT2D eigenvalue weighted by molar-refractivity contribution is 9.10. The van der Waals surface area contributed by atoms with Gasteiger partial charge in [-0.25, -0.2) is 16.8 Å². The van der Waals surface area contributed by atoms with Gasteiger partial charge < -0.3 is 0 Å². The van der Waals surface area contributed by atoms with Gasteiger partial charge in [-0.05, 0) is 48.4 Å². The van der Waals surface area contributed by atoms with E-state index in [0.29, 0.717) is 36.2 Å². The average molecular weight is 473 g/mol. The SMILES string of the molecule is CCN(CC)S(=O)(=O)c1ccc2c(c1)CCN2S(=O)(=O)c1cccc(Br)c1. The fraction of sp³-hybridized carbons (Fsp3) is 0.333. The molecule has 0 saturated carbocycles. The fourth-order valence-corrected chi connectivity index (χ4v) is 6.83. The Morgan fingerprint density at radius 1 is 1.00 bits per heavy atom. The van der Waals surface area contributed by atoms with E-state index >= 15 is 0 Å². The van der Waals surface area contributed by atoms with Crippen LogP contribution in [0.1, 0.15) is 19.4 Å². The second kappa shape index (κ2) is 7.54. The molecular formula is C18H21BrN2O4S2. The first-order valence-corrected chi connectivity index (χ1v) is 12.3. The predicted octanol–water partition coefficient (Wildman–Crippen LogP) is 3.23. The van der Waals surface area contributed by atoms with Crippen LogP contribution < -0.4 is 4.31 Å². The third kappa shape index (κ3) is 3.65. The minimum absolute atomic E-state index is 0.199. The maximum atomic E-state index is 13.0. The maximum absolute atomic E-state index is 13.0. The molecule has 0 radical (unpaired) electrons. The van der Waals surface area contributed by atoms with Crippen LogP contribution in [0.25, 0.3) is 0 Å². The van der Waals surface area contributed by atoms with Crippen molar-refractivity contribution >= 4 is 41.7 Å². The summed E-state index contributed by atoms with van der Waals surface area (Å²) in [5, 5.41) is 0. The molecule has 0 aromatic heterocycles. The van der Waals surface area contributed by atoms with Crippen molar-refractivity contribution in [1.82, 2.24) is 4.31 Å². The molecule has 27 heavy (non-hydrogen) atoms. The number of nitrogens with zero attached hydrogens (tertiary/aromatic N) is 2. The molecule has 0 amide bonds. The number of hydrogen-bond acceptors (Lipinski definition) is 4. The largest absolute Gasteiger partial charge is 0.266 e.